The second kappa shape index (κ2) is 9.41. The highest BCUT2D eigenvalue weighted by molar-refractivity contribution is 5.84. The molecule has 3 aromatic rings. The average Bonchev–Trinajstić information content (AvgIpc) is 2.82. The lowest BCUT2D eigenvalue weighted by atomic mass is 10.0. The molecule has 0 bridgehead atoms. The first kappa shape index (κ1) is 21.7. The maximum absolute atomic E-state index is 12.4. The Kier molecular flexibility index (Phi) is 6.20. The van der Waals surface area contributed by atoms with Gasteiger partial charge in [0, 0.05) is 37.7 Å². The van der Waals surface area contributed by atoms with Gasteiger partial charge in [-0.2, -0.15) is 0 Å². The number of pyridine rings is 1. The fourth-order valence-electron chi connectivity index (χ4n) is 4.67. The van der Waals surface area contributed by atoms with Crippen LogP contribution in [0.4, 0.5) is 0 Å². The molecule has 4 heterocycles. The molecule has 2 aliphatic heterocycles. The topological polar surface area (TPSA) is 89.3 Å². The second-order valence-corrected chi connectivity index (χ2v) is 9.02. The molecule has 2 aliphatic rings. The predicted molar refractivity (Wildman–Crippen MR) is 125 cm³/mol. The van der Waals surface area contributed by atoms with Crippen LogP contribution in [0.15, 0.2) is 41.5 Å². The highest BCUT2D eigenvalue weighted by Gasteiger charge is 2.21. The minimum atomic E-state index is -0.0469. The summed E-state index contributed by atoms with van der Waals surface area (Å²) in [4.78, 5) is 35.2. The summed E-state index contributed by atoms with van der Waals surface area (Å²) in [5.74, 6) is 0.833. The van der Waals surface area contributed by atoms with E-state index >= 15 is 0 Å². The quantitative estimate of drug-likeness (QED) is 0.617. The van der Waals surface area contributed by atoms with E-state index in [1.807, 2.05) is 35.8 Å². The number of Topliss-reactive ketones (excluding diaryl/α,β-unsaturated/α-hetero) is 1. The predicted octanol–water partition coefficient (Wildman–Crippen LogP) is 1.86. The Balaban J connectivity index is 1.13. The maximum Gasteiger partial charge on any atom is 0.269 e. The number of piperidine rings is 1. The van der Waals surface area contributed by atoms with E-state index in [1.54, 1.807) is 6.20 Å². The van der Waals surface area contributed by atoms with Gasteiger partial charge in [0.25, 0.3) is 5.56 Å². The van der Waals surface area contributed by atoms with E-state index in [9.17, 15) is 9.59 Å². The Bertz CT molecular complexity index is 1230. The van der Waals surface area contributed by atoms with Crippen LogP contribution in [0.5, 0.6) is 5.75 Å². The van der Waals surface area contributed by atoms with Crippen LogP contribution in [0.25, 0.3) is 11.0 Å². The Hall–Kier alpha value is -3.10. The van der Waals surface area contributed by atoms with Crippen molar-refractivity contribution in [3.8, 4) is 5.75 Å². The molecule has 0 aliphatic carbocycles. The van der Waals surface area contributed by atoms with Gasteiger partial charge in [0.1, 0.15) is 12.4 Å². The SMILES string of the molecule is Cc1ccc2ncc(=O)n(CCN3CCC(NCc4cc5c(cn4)OCC(=O)C5)CC3)c2c1. The van der Waals surface area contributed by atoms with Crippen LogP contribution in [-0.4, -0.2) is 57.5 Å². The van der Waals surface area contributed by atoms with Crippen LogP contribution in [-0.2, 0) is 24.3 Å². The van der Waals surface area contributed by atoms with E-state index in [0.29, 0.717) is 25.6 Å². The van der Waals surface area contributed by atoms with Gasteiger partial charge in [-0.3, -0.25) is 14.6 Å². The highest BCUT2D eigenvalue weighted by Crippen LogP contribution is 2.23. The van der Waals surface area contributed by atoms with Crippen LogP contribution >= 0.6 is 0 Å². The minimum absolute atomic E-state index is 0.0469. The molecule has 33 heavy (non-hydrogen) atoms. The lowest BCUT2D eigenvalue weighted by Crippen LogP contribution is -2.43. The zero-order chi connectivity index (χ0) is 22.8. The Morgan fingerprint density at radius 3 is 2.79 bits per heavy atom. The second-order valence-electron chi connectivity index (χ2n) is 9.02. The summed E-state index contributed by atoms with van der Waals surface area (Å²) in [6.45, 7) is 6.37. The lowest BCUT2D eigenvalue weighted by Gasteiger charge is -2.32. The Labute approximate surface area is 192 Å². The Morgan fingerprint density at radius 2 is 1.94 bits per heavy atom. The first-order valence-corrected chi connectivity index (χ1v) is 11.6. The van der Waals surface area contributed by atoms with E-state index in [4.69, 9.17) is 4.74 Å². The number of ketones is 1. The number of nitrogens with zero attached hydrogens (tertiary/aromatic N) is 4. The molecule has 2 aromatic heterocycles. The molecule has 5 rings (SSSR count). The van der Waals surface area contributed by atoms with Crippen molar-refractivity contribution in [2.75, 3.05) is 26.2 Å². The molecule has 1 saturated heterocycles. The van der Waals surface area contributed by atoms with Crippen molar-refractivity contribution in [2.24, 2.45) is 0 Å². The molecular formula is C25H29N5O3. The number of benzene rings is 1. The third-order valence-corrected chi connectivity index (χ3v) is 6.58. The van der Waals surface area contributed by atoms with Gasteiger partial charge in [-0.05, 0) is 56.6 Å². The monoisotopic (exact) mass is 447 g/mol. The van der Waals surface area contributed by atoms with E-state index in [0.717, 1.165) is 66.1 Å². The van der Waals surface area contributed by atoms with E-state index in [2.05, 4.69) is 20.2 Å². The summed E-state index contributed by atoms with van der Waals surface area (Å²) in [6.07, 6.45) is 5.69. The number of rotatable bonds is 6. The summed E-state index contributed by atoms with van der Waals surface area (Å²) < 4.78 is 7.27. The molecule has 0 amide bonds. The van der Waals surface area contributed by atoms with Gasteiger partial charge < -0.3 is 19.5 Å². The van der Waals surface area contributed by atoms with E-state index < -0.39 is 0 Å². The number of aryl methyl sites for hydroxylation is 1. The standard InChI is InChI=1S/C25H29N5O3/c1-17-2-3-22-23(10-17)30(25(32)15-28-22)9-8-29-6-4-19(5-7-29)26-13-20-11-18-12-21(31)16-33-24(18)14-27-20/h2-3,10-11,14-15,19,26H,4-9,12-13,16H2,1H3. The number of hydrogen-bond donors (Lipinski definition) is 1. The lowest BCUT2D eigenvalue weighted by molar-refractivity contribution is -0.121. The van der Waals surface area contributed by atoms with Gasteiger partial charge in [0.2, 0.25) is 0 Å². The smallest absolute Gasteiger partial charge is 0.269 e. The van der Waals surface area contributed by atoms with Gasteiger partial charge in [-0.15, -0.1) is 0 Å². The largest absolute Gasteiger partial charge is 0.484 e. The molecule has 1 aromatic carbocycles. The summed E-state index contributed by atoms with van der Waals surface area (Å²) in [7, 11) is 0. The summed E-state index contributed by atoms with van der Waals surface area (Å²) in [5, 5.41) is 3.61. The fourth-order valence-corrected chi connectivity index (χ4v) is 4.67. The maximum atomic E-state index is 12.4. The number of nitrogens with one attached hydrogen (secondary N) is 1. The van der Waals surface area contributed by atoms with Crippen molar-refractivity contribution in [1.29, 1.82) is 0 Å². The molecule has 0 radical (unpaired) electrons. The number of aromatic nitrogens is 3. The van der Waals surface area contributed by atoms with Gasteiger partial charge in [-0.1, -0.05) is 6.07 Å². The molecule has 1 N–H and O–H groups in total. The number of likely N-dealkylation sites (tertiary alicyclic amines) is 1. The van der Waals surface area contributed by atoms with Crippen molar-refractivity contribution in [3.63, 3.8) is 0 Å². The summed E-state index contributed by atoms with van der Waals surface area (Å²) in [6, 6.07) is 8.45. The number of carbonyl (C=O) groups is 1. The molecular weight excluding hydrogens is 418 g/mol. The zero-order valence-electron chi connectivity index (χ0n) is 18.9. The van der Waals surface area contributed by atoms with Crippen molar-refractivity contribution >= 4 is 16.8 Å². The van der Waals surface area contributed by atoms with Gasteiger partial charge in [0.15, 0.2) is 5.78 Å². The van der Waals surface area contributed by atoms with Crippen molar-refractivity contribution in [3.05, 3.63) is 63.8 Å². The highest BCUT2D eigenvalue weighted by atomic mass is 16.5. The van der Waals surface area contributed by atoms with Crippen molar-refractivity contribution < 1.29 is 9.53 Å². The molecule has 0 unspecified atom stereocenters. The van der Waals surface area contributed by atoms with Crippen LogP contribution in [0.3, 0.4) is 0 Å². The number of hydrogen-bond acceptors (Lipinski definition) is 7. The van der Waals surface area contributed by atoms with E-state index in [-0.39, 0.29) is 17.9 Å². The summed E-state index contributed by atoms with van der Waals surface area (Å²) >= 11 is 0. The van der Waals surface area contributed by atoms with Crippen LogP contribution in [0, 0.1) is 6.92 Å². The first-order chi connectivity index (χ1) is 16.0. The first-order valence-electron chi connectivity index (χ1n) is 11.6. The number of fused-ring (bicyclic) bond motifs is 2. The molecule has 8 heteroatoms. The van der Waals surface area contributed by atoms with E-state index in [1.165, 1.54) is 6.20 Å². The molecule has 1 fully saturated rings. The third-order valence-electron chi connectivity index (χ3n) is 6.58. The van der Waals surface area contributed by atoms with Gasteiger partial charge in [-0.25, -0.2) is 4.98 Å². The molecule has 8 nitrogen and oxygen atoms in total. The minimum Gasteiger partial charge on any atom is -0.484 e. The zero-order valence-corrected chi connectivity index (χ0v) is 18.9. The van der Waals surface area contributed by atoms with Gasteiger partial charge >= 0.3 is 0 Å². The van der Waals surface area contributed by atoms with Crippen LogP contribution in [0.2, 0.25) is 0 Å². The normalized spacial score (nSPS) is 17.2. The average molecular weight is 448 g/mol. The third kappa shape index (κ3) is 4.96. The van der Waals surface area contributed by atoms with Crippen LogP contribution < -0.4 is 15.6 Å². The molecule has 0 atom stereocenters. The molecule has 0 saturated carbocycles. The van der Waals surface area contributed by atoms with Crippen LogP contribution in [0.1, 0.15) is 29.7 Å². The van der Waals surface area contributed by atoms with Crippen molar-refractivity contribution in [1.82, 2.24) is 24.8 Å². The number of carbonyl (C=O) groups excluding carboxylic acids is 1. The molecule has 0 spiro atoms. The Morgan fingerprint density at radius 1 is 1.09 bits per heavy atom. The van der Waals surface area contributed by atoms with Crippen molar-refractivity contribution in [2.45, 2.75) is 45.3 Å². The van der Waals surface area contributed by atoms with Gasteiger partial charge in [0.05, 0.1) is 29.1 Å². The summed E-state index contributed by atoms with van der Waals surface area (Å²) in [5.41, 5.74) is 4.71. The number of ether oxygens (including phenoxy) is 1. The molecule has 172 valence electrons. The fraction of sp³-hybridized carbons (Fsp3) is 0.440.